The van der Waals surface area contributed by atoms with E-state index in [9.17, 15) is 14.4 Å². The van der Waals surface area contributed by atoms with Crippen molar-refractivity contribution in [3.63, 3.8) is 0 Å². The Labute approximate surface area is 150 Å². The lowest BCUT2D eigenvalue weighted by Gasteiger charge is -2.30. The summed E-state index contributed by atoms with van der Waals surface area (Å²) in [6.45, 7) is 2.64. The SMILES string of the molecule is CCOC(=O)C1CCCN(C(=O)C(=O)Nc2ccc(Cl)c(Cl)c2)C1. The second kappa shape index (κ2) is 8.35. The predicted octanol–water partition coefficient (Wildman–Crippen LogP) is 2.73. The van der Waals surface area contributed by atoms with E-state index in [4.69, 9.17) is 27.9 Å². The number of esters is 1. The molecular formula is C16H18Cl2N2O4. The molecule has 6 nitrogen and oxygen atoms in total. The lowest BCUT2D eigenvalue weighted by Crippen LogP contribution is -2.47. The molecule has 2 rings (SSSR count). The van der Waals surface area contributed by atoms with Crippen molar-refractivity contribution in [2.75, 3.05) is 25.0 Å². The molecule has 1 N–H and O–H groups in total. The van der Waals surface area contributed by atoms with Crippen molar-refractivity contribution in [1.82, 2.24) is 4.90 Å². The van der Waals surface area contributed by atoms with E-state index in [0.29, 0.717) is 36.7 Å². The lowest BCUT2D eigenvalue weighted by molar-refractivity contribution is -0.153. The average Bonchev–Trinajstić information content (AvgIpc) is 2.57. The van der Waals surface area contributed by atoms with Gasteiger partial charge in [-0.2, -0.15) is 0 Å². The number of halogens is 2. The van der Waals surface area contributed by atoms with Crippen molar-refractivity contribution >= 4 is 46.7 Å². The van der Waals surface area contributed by atoms with Gasteiger partial charge in [0.1, 0.15) is 0 Å². The second-order valence-electron chi connectivity index (χ2n) is 5.43. The summed E-state index contributed by atoms with van der Waals surface area (Å²) in [4.78, 5) is 37.6. The Morgan fingerprint density at radius 2 is 2.04 bits per heavy atom. The van der Waals surface area contributed by atoms with Gasteiger partial charge in [0.05, 0.1) is 22.6 Å². The fourth-order valence-corrected chi connectivity index (χ4v) is 2.81. The highest BCUT2D eigenvalue weighted by Crippen LogP contribution is 2.25. The number of ether oxygens (including phenoxy) is 1. The van der Waals surface area contributed by atoms with Gasteiger partial charge in [-0.3, -0.25) is 14.4 Å². The first-order valence-corrected chi connectivity index (χ1v) is 8.40. The molecule has 8 heteroatoms. The zero-order valence-corrected chi connectivity index (χ0v) is 14.7. The van der Waals surface area contributed by atoms with Crippen LogP contribution in [0.4, 0.5) is 5.69 Å². The summed E-state index contributed by atoms with van der Waals surface area (Å²) in [5.41, 5.74) is 0.377. The van der Waals surface area contributed by atoms with E-state index < -0.39 is 11.8 Å². The van der Waals surface area contributed by atoms with Gasteiger partial charge in [0.2, 0.25) is 0 Å². The highest BCUT2D eigenvalue weighted by molar-refractivity contribution is 6.42. The summed E-state index contributed by atoms with van der Waals surface area (Å²) in [7, 11) is 0. The Morgan fingerprint density at radius 3 is 2.71 bits per heavy atom. The van der Waals surface area contributed by atoms with Crippen LogP contribution >= 0.6 is 23.2 Å². The molecule has 130 valence electrons. The number of hydrogen-bond donors (Lipinski definition) is 1. The second-order valence-corrected chi connectivity index (χ2v) is 6.24. The molecule has 0 aliphatic carbocycles. The van der Waals surface area contributed by atoms with Crippen LogP contribution < -0.4 is 5.32 Å². The molecule has 0 radical (unpaired) electrons. The van der Waals surface area contributed by atoms with Gasteiger partial charge in [0.25, 0.3) is 0 Å². The standard InChI is InChI=1S/C16H18Cl2N2O4/c1-2-24-16(23)10-4-3-7-20(9-10)15(22)14(21)19-11-5-6-12(17)13(18)8-11/h5-6,8,10H,2-4,7,9H2,1H3,(H,19,21). The van der Waals surface area contributed by atoms with Gasteiger partial charge < -0.3 is 15.0 Å². The van der Waals surface area contributed by atoms with Crippen molar-refractivity contribution in [2.45, 2.75) is 19.8 Å². The molecule has 1 saturated heterocycles. The van der Waals surface area contributed by atoms with Gasteiger partial charge in [-0.15, -0.1) is 0 Å². The number of likely N-dealkylation sites (tertiary alicyclic amines) is 1. The molecule has 0 bridgehead atoms. The molecule has 2 amide bonds. The minimum Gasteiger partial charge on any atom is -0.466 e. The minimum absolute atomic E-state index is 0.187. The van der Waals surface area contributed by atoms with Gasteiger partial charge >= 0.3 is 17.8 Å². The van der Waals surface area contributed by atoms with Gasteiger partial charge in [0.15, 0.2) is 0 Å². The van der Waals surface area contributed by atoms with Crippen LogP contribution in [0.5, 0.6) is 0 Å². The number of benzene rings is 1. The molecule has 0 spiro atoms. The molecule has 0 saturated carbocycles. The van der Waals surface area contributed by atoms with Crippen molar-refractivity contribution < 1.29 is 19.1 Å². The highest BCUT2D eigenvalue weighted by Gasteiger charge is 2.32. The van der Waals surface area contributed by atoms with Crippen LogP contribution in [0.2, 0.25) is 10.0 Å². The van der Waals surface area contributed by atoms with Crippen molar-refractivity contribution in [3.05, 3.63) is 28.2 Å². The largest absolute Gasteiger partial charge is 0.466 e. The first kappa shape index (κ1) is 18.5. The zero-order valence-electron chi connectivity index (χ0n) is 13.2. The van der Waals surface area contributed by atoms with Crippen molar-refractivity contribution in [3.8, 4) is 0 Å². The quantitative estimate of drug-likeness (QED) is 0.653. The summed E-state index contributed by atoms with van der Waals surface area (Å²) in [6.07, 6.45) is 1.30. The van der Waals surface area contributed by atoms with Gasteiger partial charge in [0, 0.05) is 18.8 Å². The van der Waals surface area contributed by atoms with E-state index in [1.54, 1.807) is 13.0 Å². The number of rotatable bonds is 3. The van der Waals surface area contributed by atoms with Crippen molar-refractivity contribution in [1.29, 1.82) is 0 Å². The topological polar surface area (TPSA) is 75.7 Å². The maximum absolute atomic E-state index is 12.3. The Balaban J connectivity index is 1.98. The molecule has 0 aromatic heterocycles. The van der Waals surface area contributed by atoms with Gasteiger partial charge in [-0.05, 0) is 38.0 Å². The number of amides is 2. The number of anilines is 1. The van der Waals surface area contributed by atoms with E-state index in [-0.39, 0.29) is 23.5 Å². The summed E-state index contributed by atoms with van der Waals surface area (Å²) < 4.78 is 4.99. The first-order chi connectivity index (χ1) is 11.4. The Hall–Kier alpha value is -1.79. The average molecular weight is 373 g/mol. The number of nitrogens with zero attached hydrogens (tertiary/aromatic N) is 1. The van der Waals surface area contributed by atoms with Crippen LogP contribution in [-0.4, -0.2) is 42.4 Å². The summed E-state index contributed by atoms with van der Waals surface area (Å²) in [5, 5.41) is 3.12. The van der Waals surface area contributed by atoms with E-state index >= 15 is 0 Å². The third kappa shape index (κ3) is 4.61. The number of carbonyl (C=O) groups excluding carboxylic acids is 3. The monoisotopic (exact) mass is 372 g/mol. The third-order valence-electron chi connectivity index (χ3n) is 3.70. The molecule has 1 aliphatic rings. The maximum atomic E-state index is 12.3. The Morgan fingerprint density at radius 1 is 1.29 bits per heavy atom. The zero-order chi connectivity index (χ0) is 17.7. The normalized spacial score (nSPS) is 17.3. The number of carbonyl (C=O) groups is 3. The van der Waals surface area contributed by atoms with Crippen LogP contribution in [0.1, 0.15) is 19.8 Å². The van der Waals surface area contributed by atoms with Crippen LogP contribution in [0.15, 0.2) is 18.2 Å². The number of piperidine rings is 1. The van der Waals surface area contributed by atoms with Crippen LogP contribution in [0, 0.1) is 5.92 Å². The first-order valence-electron chi connectivity index (χ1n) is 7.64. The van der Waals surface area contributed by atoms with E-state index in [2.05, 4.69) is 5.32 Å². The molecule has 1 heterocycles. The summed E-state index contributed by atoms with van der Waals surface area (Å²) >= 11 is 11.7. The molecule has 1 aromatic carbocycles. The maximum Gasteiger partial charge on any atom is 0.313 e. The predicted molar refractivity (Wildman–Crippen MR) is 91.0 cm³/mol. The molecule has 1 aliphatic heterocycles. The van der Waals surface area contributed by atoms with Gasteiger partial charge in [-0.25, -0.2) is 0 Å². The molecule has 24 heavy (non-hydrogen) atoms. The van der Waals surface area contributed by atoms with Crippen LogP contribution in [-0.2, 0) is 19.1 Å². The third-order valence-corrected chi connectivity index (χ3v) is 4.44. The van der Waals surface area contributed by atoms with Crippen LogP contribution in [0.25, 0.3) is 0 Å². The minimum atomic E-state index is -0.780. The van der Waals surface area contributed by atoms with E-state index in [1.165, 1.54) is 17.0 Å². The van der Waals surface area contributed by atoms with Crippen LogP contribution in [0.3, 0.4) is 0 Å². The Bertz CT molecular complexity index is 651. The summed E-state index contributed by atoms with van der Waals surface area (Å²) in [6, 6.07) is 4.55. The fraction of sp³-hybridized carbons (Fsp3) is 0.438. The lowest BCUT2D eigenvalue weighted by atomic mass is 9.98. The molecule has 1 aromatic rings. The van der Waals surface area contributed by atoms with Gasteiger partial charge in [-0.1, -0.05) is 23.2 Å². The van der Waals surface area contributed by atoms with E-state index in [1.807, 2.05) is 0 Å². The van der Waals surface area contributed by atoms with E-state index in [0.717, 1.165) is 0 Å². The molecule has 1 atom stereocenters. The Kier molecular flexibility index (Phi) is 6.45. The molecule has 1 unspecified atom stereocenters. The number of nitrogens with one attached hydrogen (secondary N) is 1. The fourth-order valence-electron chi connectivity index (χ4n) is 2.52. The summed E-state index contributed by atoms with van der Waals surface area (Å²) in [5.74, 6) is -2.19. The van der Waals surface area contributed by atoms with Crippen molar-refractivity contribution in [2.24, 2.45) is 5.92 Å². The molecule has 1 fully saturated rings. The highest BCUT2D eigenvalue weighted by atomic mass is 35.5. The smallest absolute Gasteiger partial charge is 0.313 e. The number of hydrogen-bond acceptors (Lipinski definition) is 4. The molecular weight excluding hydrogens is 355 g/mol.